The number of nitrogens with zero attached hydrogens (tertiary/aromatic N) is 3. The second kappa shape index (κ2) is 4.96. The third-order valence-corrected chi connectivity index (χ3v) is 3.58. The maximum Gasteiger partial charge on any atom is 0.178 e. The van der Waals surface area contributed by atoms with Crippen molar-refractivity contribution in [1.29, 1.82) is 0 Å². The number of aromatic nitrogens is 4. The number of rotatable bonds is 2. The molecule has 0 radical (unpaired) electrons. The Kier molecular flexibility index (Phi) is 3.27. The van der Waals surface area contributed by atoms with Crippen molar-refractivity contribution in [2.24, 2.45) is 0 Å². The Morgan fingerprint density at radius 2 is 2.25 bits per heavy atom. The molecule has 0 aliphatic carbocycles. The highest BCUT2D eigenvalue weighted by atomic mass is 35.5. The first-order valence-corrected chi connectivity index (χ1v) is 6.69. The molecule has 3 rings (SSSR count). The van der Waals surface area contributed by atoms with Gasteiger partial charge in [0.25, 0.3) is 0 Å². The largest absolute Gasteiger partial charge is 0.331 e. The van der Waals surface area contributed by atoms with Gasteiger partial charge >= 0.3 is 0 Å². The normalized spacial score (nSPS) is 11.2. The van der Waals surface area contributed by atoms with E-state index in [1.165, 1.54) is 12.1 Å². The van der Waals surface area contributed by atoms with Crippen LogP contribution in [0, 0.1) is 17.5 Å². The molecule has 1 N–H and O–H groups in total. The van der Waals surface area contributed by atoms with Crippen LogP contribution < -0.4 is 0 Å². The number of aryl methyl sites for hydroxylation is 1. The molecule has 1 aromatic carbocycles. The fourth-order valence-electron chi connectivity index (χ4n) is 2.06. The zero-order valence-corrected chi connectivity index (χ0v) is 12.1. The summed E-state index contributed by atoms with van der Waals surface area (Å²) in [6, 6.07) is 4.71. The van der Waals surface area contributed by atoms with Gasteiger partial charge < -0.3 is 9.55 Å². The van der Waals surface area contributed by atoms with E-state index in [-0.39, 0.29) is 5.02 Å². The zero-order valence-electron chi connectivity index (χ0n) is 10.5. The van der Waals surface area contributed by atoms with Gasteiger partial charge in [0.2, 0.25) is 0 Å². The van der Waals surface area contributed by atoms with Crippen molar-refractivity contribution < 1.29 is 4.39 Å². The summed E-state index contributed by atoms with van der Waals surface area (Å²) in [6.07, 6.45) is 1.69. The number of nitrogens with one attached hydrogen (secondary N) is 1. The average molecular weight is 309 g/mol. The molecule has 0 bridgehead atoms. The summed E-state index contributed by atoms with van der Waals surface area (Å²) in [4.78, 5) is 11.4. The van der Waals surface area contributed by atoms with Crippen LogP contribution in [0.5, 0.6) is 0 Å². The SMILES string of the molecule is Cc1nccc(Cn2c(=S)[nH]c3cc(Cl)c(F)cc32)n1. The number of hydrogen-bond donors (Lipinski definition) is 1. The molecule has 0 amide bonds. The summed E-state index contributed by atoms with van der Waals surface area (Å²) in [5.74, 6) is 0.212. The van der Waals surface area contributed by atoms with Crippen molar-refractivity contribution in [3.8, 4) is 0 Å². The summed E-state index contributed by atoms with van der Waals surface area (Å²) in [5, 5.41) is 0.0683. The van der Waals surface area contributed by atoms with Gasteiger partial charge in [0.05, 0.1) is 28.3 Å². The lowest BCUT2D eigenvalue weighted by molar-refractivity contribution is 0.628. The van der Waals surface area contributed by atoms with Crippen LogP contribution in [0.25, 0.3) is 11.0 Å². The van der Waals surface area contributed by atoms with Crippen LogP contribution in [0.15, 0.2) is 24.4 Å². The molecule has 102 valence electrons. The lowest BCUT2D eigenvalue weighted by atomic mass is 10.3. The second-order valence-electron chi connectivity index (χ2n) is 4.39. The smallest absolute Gasteiger partial charge is 0.178 e. The van der Waals surface area contributed by atoms with Crippen molar-refractivity contribution in [2.45, 2.75) is 13.5 Å². The number of imidazole rings is 1. The molecule has 2 aromatic heterocycles. The quantitative estimate of drug-likeness (QED) is 0.735. The van der Waals surface area contributed by atoms with E-state index in [1.807, 2.05) is 6.92 Å². The first-order chi connectivity index (χ1) is 9.54. The Morgan fingerprint density at radius 1 is 1.45 bits per heavy atom. The van der Waals surface area contributed by atoms with Gasteiger partial charge in [-0.15, -0.1) is 0 Å². The molecular weight excluding hydrogens is 299 g/mol. The predicted octanol–water partition coefficient (Wildman–Crippen LogP) is 3.64. The molecule has 0 atom stereocenters. The molecule has 0 saturated heterocycles. The minimum Gasteiger partial charge on any atom is -0.331 e. The molecule has 0 unspecified atom stereocenters. The lowest BCUT2D eigenvalue weighted by Crippen LogP contribution is -2.03. The van der Waals surface area contributed by atoms with E-state index in [0.29, 0.717) is 28.2 Å². The molecule has 0 spiro atoms. The molecule has 20 heavy (non-hydrogen) atoms. The van der Waals surface area contributed by atoms with Crippen LogP contribution in [0.1, 0.15) is 11.5 Å². The molecule has 4 nitrogen and oxygen atoms in total. The van der Waals surface area contributed by atoms with E-state index in [0.717, 1.165) is 5.69 Å². The molecule has 0 fully saturated rings. The molecule has 7 heteroatoms. The van der Waals surface area contributed by atoms with Crippen molar-refractivity contribution in [3.05, 3.63) is 51.5 Å². The van der Waals surface area contributed by atoms with Crippen molar-refractivity contribution >= 4 is 34.9 Å². The molecule has 3 aromatic rings. The molecular formula is C13H10ClFN4S. The van der Waals surface area contributed by atoms with E-state index in [4.69, 9.17) is 23.8 Å². The molecule has 0 aliphatic heterocycles. The predicted molar refractivity (Wildman–Crippen MR) is 78.0 cm³/mol. The number of aromatic amines is 1. The van der Waals surface area contributed by atoms with Crippen LogP contribution in [0.4, 0.5) is 4.39 Å². The molecule has 2 heterocycles. The molecule has 0 saturated carbocycles. The van der Waals surface area contributed by atoms with Gasteiger partial charge in [-0.25, -0.2) is 14.4 Å². The Balaban J connectivity index is 2.14. The van der Waals surface area contributed by atoms with Crippen LogP contribution in [-0.2, 0) is 6.54 Å². The topological polar surface area (TPSA) is 46.5 Å². The third kappa shape index (κ3) is 2.32. The Hall–Kier alpha value is -1.79. The van der Waals surface area contributed by atoms with E-state index in [9.17, 15) is 4.39 Å². The minimum absolute atomic E-state index is 0.0683. The van der Waals surface area contributed by atoms with E-state index < -0.39 is 5.82 Å². The fraction of sp³-hybridized carbons (Fsp3) is 0.154. The monoisotopic (exact) mass is 308 g/mol. The van der Waals surface area contributed by atoms with E-state index in [1.54, 1.807) is 16.8 Å². The van der Waals surface area contributed by atoms with Gasteiger partial charge in [-0.05, 0) is 31.3 Å². The highest BCUT2D eigenvalue weighted by molar-refractivity contribution is 7.71. The van der Waals surface area contributed by atoms with Gasteiger partial charge in [0, 0.05) is 12.3 Å². The first-order valence-electron chi connectivity index (χ1n) is 5.90. The standard InChI is InChI=1S/C13H10ClFN4S/c1-7-16-3-2-8(17-7)6-19-12-5-10(15)9(14)4-11(12)18-13(19)20/h2-5H,6H2,1H3,(H,18,20). The zero-order chi connectivity index (χ0) is 14.3. The lowest BCUT2D eigenvalue weighted by Gasteiger charge is -2.05. The van der Waals surface area contributed by atoms with Gasteiger partial charge in [-0.3, -0.25) is 0 Å². The first kappa shape index (κ1) is 13.2. The number of halogens is 2. The van der Waals surface area contributed by atoms with Crippen LogP contribution in [-0.4, -0.2) is 19.5 Å². The highest BCUT2D eigenvalue weighted by Crippen LogP contribution is 2.23. The number of fused-ring (bicyclic) bond motifs is 1. The maximum atomic E-state index is 13.6. The van der Waals surface area contributed by atoms with Crippen molar-refractivity contribution in [2.75, 3.05) is 0 Å². The Bertz CT molecular complexity index is 855. The van der Waals surface area contributed by atoms with Crippen LogP contribution >= 0.6 is 23.8 Å². The number of H-pyrrole nitrogens is 1. The van der Waals surface area contributed by atoms with Crippen LogP contribution in [0.2, 0.25) is 5.02 Å². The minimum atomic E-state index is -0.471. The van der Waals surface area contributed by atoms with Gasteiger partial charge in [0.1, 0.15) is 11.6 Å². The molecule has 0 aliphatic rings. The average Bonchev–Trinajstić information content (AvgIpc) is 2.67. The number of hydrogen-bond acceptors (Lipinski definition) is 3. The van der Waals surface area contributed by atoms with Gasteiger partial charge in [0.15, 0.2) is 4.77 Å². The Labute approximate surface area is 124 Å². The van der Waals surface area contributed by atoms with Gasteiger partial charge in [-0.2, -0.15) is 0 Å². The highest BCUT2D eigenvalue weighted by Gasteiger charge is 2.10. The van der Waals surface area contributed by atoms with E-state index in [2.05, 4.69) is 15.0 Å². The van der Waals surface area contributed by atoms with E-state index >= 15 is 0 Å². The third-order valence-electron chi connectivity index (χ3n) is 2.97. The maximum absolute atomic E-state index is 13.6. The van der Waals surface area contributed by atoms with Crippen molar-refractivity contribution in [1.82, 2.24) is 19.5 Å². The summed E-state index contributed by atoms with van der Waals surface area (Å²) in [6.45, 7) is 2.26. The summed E-state index contributed by atoms with van der Waals surface area (Å²) >= 11 is 11.0. The summed E-state index contributed by atoms with van der Waals surface area (Å²) in [7, 11) is 0. The summed E-state index contributed by atoms with van der Waals surface area (Å²) < 4.78 is 15.9. The van der Waals surface area contributed by atoms with Crippen LogP contribution in [0.3, 0.4) is 0 Å². The summed E-state index contributed by atoms with van der Waals surface area (Å²) in [5.41, 5.74) is 2.17. The van der Waals surface area contributed by atoms with Crippen molar-refractivity contribution in [3.63, 3.8) is 0 Å². The number of benzene rings is 1. The Morgan fingerprint density at radius 3 is 3.00 bits per heavy atom. The second-order valence-corrected chi connectivity index (χ2v) is 5.19. The fourth-order valence-corrected chi connectivity index (χ4v) is 2.50. The van der Waals surface area contributed by atoms with Gasteiger partial charge in [-0.1, -0.05) is 11.6 Å².